The molecule has 0 aliphatic rings. The molecule has 3 aromatic rings. The van der Waals surface area contributed by atoms with Crippen LogP contribution in [-0.2, 0) is 23.1 Å². The molecule has 0 atom stereocenters. The molecule has 0 saturated carbocycles. The van der Waals surface area contributed by atoms with E-state index in [1.54, 1.807) is 30.3 Å². The van der Waals surface area contributed by atoms with E-state index in [0.29, 0.717) is 23.7 Å². The Labute approximate surface area is 149 Å². The van der Waals surface area contributed by atoms with Crippen LogP contribution in [0.15, 0.2) is 62.6 Å². The highest BCUT2D eigenvalue weighted by molar-refractivity contribution is 7.89. The predicted molar refractivity (Wildman–Crippen MR) is 95.9 cm³/mol. The van der Waals surface area contributed by atoms with E-state index in [-0.39, 0.29) is 4.90 Å². The summed E-state index contributed by atoms with van der Waals surface area (Å²) < 4.78 is 27.6. The number of nitrogens with one attached hydrogen (secondary N) is 1. The van der Waals surface area contributed by atoms with Crippen molar-refractivity contribution < 1.29 is 12.8 Å². The van der Waals surface area contributed by atoms with Crippen molar-refractivity contribution >= 4 is 32.6 Å². The second kappa shape index (κ2) is 6.97. The summed E-state index contributed by atoms with van der Waals surface area (Å²) >= 11 is 5.92. The zero-order valence-electron chi connectivity index (χ0n) is 13.0. The second-order valence-electron chi connectivity index (χ2n) is 5.52. The van der Waals surface area contributed by atoms with Crippen LogP contribution in [0, 0.1) is 0 Å². The molecule has 0 bridgehead atoms. The van der Waals surface area contributed by atoms with Crippen molar-refractivity contribution in [3.63, 3.8) is 0 Å². The molecule has 8 heteroatoms. The third-order valence-corrected chi connectivity index (χ3v) is 4.85. The highest BCUT2D eigenvalue weighted by Gasteiger charge is 2.08. The number of fused-ring (bicyclic) bond motifs is 1. The molecule has 1 heterocycles. The topological polar surface area (TPSA) is 102 Å². The molecule has 0 fully saturated rings. The largest absolute Gasteiger partial charge is 0.423 e. The number of halogens is 1. The maximum atomic E-state index is 11.7. The zero-order valence-corrected chi connectivity index (χ0v) is 14.6. The van der Waals surface area contributed by atoms with Crippen LogP contribution in [0.1, 0.15) is 11.1 Å². The van der Waals surface area contributed by atoms with Gasteiger partial charge in [0.05, 0.1) is 4.90 Å². The zero-order chi connectivity index (χ0) is 18.0. The Morgan fingerprint density at radius 1 is 1.04 bits per heavy atom. The first-order chi connectivity index (χ1) is 11.8. The van der Waals surface area contributed by atoms with Crippen molar-refractivity contribution in [3.8, 4) is 0 Å². The van der Waals surface area contributed by atoms with E-state index in [1.807, 2.05) is 0 Å². The first kappa shape index (κ1) is 17.6. The second-order valence-corrected chi connectivity index (χ2v) is 7.52. The molecule has 0 aliphatic carbocycles. The molecule has 0 saturated heterocycles. The van der Waals surface area contributed by atoms with Gasteiger partial charge < -0.3 is 9.73 Å². The van der Waals surface area contributed by atoms with Gasteiger partial charge in [-0.2, -0.15) is 0 Å². The first-order valence-electron chi connectivity index (χ1n) is 7.38. The van der Waals surface area contributed by atoms with Gasteiger partial charge in [0.25, 0.3) is 0 Å². The fourth-order valence-corrected chi connectivity index (χ4v) is 3.17. The maximum absolute atomic E-state index is 11.7. The van der Waals surface area contributed by atoms with E-state index in [2.05, 4.69) is 5.32 Å². The van der Waals surface area contributed by atoms with Crippen molar-refractivity contribution in [1.82, 2.24) is 5.32 Å². The van der Waals surface area contributed by atoms with Crippen LogP contribution < -0.4 is 16.1 Å². The Bertz CT molecular complexity index is 1080. The number of sulfonamides is 1. The smallest absolute Gasteiger partial charge is 0.336 e. The molecule has 0 unspecified atom stereocenters. The number of nitrogens with two attached hydrogens (primary N) is 1. The number of benzene rings is 2. The van der Waals surface area contributed by atoms with Crippen LogP contribution in [0.2, 0.25) is 5.02 Å². The van der Waals surface area contributed by atoms with E-state index in [1.165, 1.54) is 18.2 Å². The summed E-state index contributed by atoms with van der Waals surface area (Å²) in [6.45, 7) is 0.945. The molecular formula is C17H15ClN2O4S. The van der Waals surface area contributed by atoms with Crippen LogP contribution in [0.5, 0.6) is 0 Å². The molecule has 1 aromatic heterocycles. The van der Waals surface area contributed by atoms with Crippen LogP contribution >= 0.6 is 11.6 Å². The van der Waals surface area contributed by atoms with Crippen molar-refractivity contribution in [1.29, 1.82) is 0 Å². The molecular weight excluding hydrogens is 364 g/mol. The summed E-state index contributed by atoms with van der Waals surface area (Å²) in [4.78, 5) is 11.7. The fraction of sp³-hybridized carbons (Fsp3) is 0.118. The molecule has 0 amide bonds. The van der Waals surface area contributed by atoms with Gasteiger partial charge in [0.15, 0.2) is 0 Å². The minimum atomic E-state index is -3.69. The SMILES string of the molecule is NS(=O)(=O)c1ccc(CNCc2cc(=O)oc3cc(Cl)ccc23)cc1. The molecule has 0 aliphatic heterocycles. The molecule has 3 rings (SSSR count). The lowest BCUT2D eigenvalue weighted by molar-refractivity contribution is 0.556. The Morgan fingerprint density at radius 3 is 2.44 bits per heavy atom. The highest BCUT2D eigenvalue weighted by atomic mass is 35.5. The lowest BCUT2D eigenvalue weighted by Gasteiger charge is -2.08. The van der Waals surface area contributed by atoms with Gasteiger partial charge in [-0.05, 0) is 35.4 Å². The molecule has 0 spiro atoms. The number of primary sulfonamides is 1. The summed E-state index contributed by atoms with van der Waals surface area (Å²) in [5.41, 5.74) is 1.69. The van der Waals surface area contributed by atoms with Crippen molar-refractivity contribution in [2.75, 3.05) is 0 Å². The minimum absolute atomic E-state index is 0.0693. The van der Waals surface area contributed by atoms with Gasteiger partial charge in [0.2, 0.25) is 10.0 Å². The third kappa shape index (κ3) is 4.26. The Kier molecular flexibility index (Phi) is 4.91. The van der Waals surface area contributed by atoms with Crippen molar-refractivity contribution in [2.45, 2.75) is 18.0 Å². The molecule has 3 N–H and O–H groups in total. The monoisotopic (exact) mass is 378 g/mol. The Balaban J connectivity index is 1.74. The highest BCUT2D eigenvalue weighted by Crippen LogP contribution is 2.21. The summed E-state index contributed by atoms with van der Waals surface area (Å²) in [6, 6.07) is 12.9. The van der Waals surface area contributed by atoms with Gasteiger partial charge in [-0.3, -0.25) is 0 Å². The molecule has 6 nitrogen and oxygen atoms in total. The van der Waals surface area contributed by atoms with Gasteiger partial charge in [0, 0.05) is 35.6 Å². The number of hydrogen-bond donors (Lipinski definition) is 2. The summed E-state index contributed by atoms with van der Waals surface area (Å²) in [5.74, 6) is 0. The van der Waals surface area contributed by atoms with Gasteiger partial charge in [0.1, 0.15) is 5.58 Å². The first-order valence-corrected chi connectivity index (χ1v) is 9.30. The Hall–Kier alpha value is -2.19. The van der Waals surface area contributed by atoms with Crippen molar-refractivity contribution in [3.05, 3.63) is 75.1 Å². The third-order valence-electron chi connectivity index (χ3n) is 3.69. The predicted octanol–water partition coefficient (Wildman–Crippen LogP) is 2.38. The normalized spacial score (nSPS) is 11.8. The van der Waals surface area contributed by atoms with E-state index >= 15 is 0 Å². The van der Waals surface area contributed by atoms with Crippen molar-refractivity contribution in [2.24, 2.45) is 5.14 Å². The molecule has 0 radical (unpaired) electrons. The molecule has 130 valence electrons. The van der Waals surface area contributed by atoms with E-state index in [9.17, 15) is 13.2 Å². The van der Waals surface area contributed by atoms with E-state index < -0.39 is 15.6 Å². The van der Waals surface area contributed by atoms with Crippen LogP contribution in [0.25, 0.3) is 11.0 Å². The van der Waals surface area contributed by atoms with Crippen LogP contribution in [0.4, 0.5) is 0 Å². The van der Waals surface area contributed by atoms with Gasteiger partial charge >= 0.3 is 5.63 Å². The summed E-state index contributed by atoms with van der Waals surface area (Å²) in [5, 5.41) is 9.59. The minimum Gasteiger partial charge on any atom is -0.423 e. The quantitative estimate of drug-likeness (QED) is 0.663. The summed E-state index contributed by atoms with van der Waals surface area (Å²) in [7, 11) is -3.69. The van der Waals surface area contributed by atoms with Gasteiger partial charge in [-0.1, -0.05) is 23.7 Å². The summed E-state index contributed by atoms with van der Waals surface area (Å²) in [6.07, 6.45) is 0. The van der Waals surface area contributed by atoms with E-state index in [0.717, 1.165) is 16.5 Å². The lowest BCUT2D eigenvalue weighted by Crippen LogP contribution is -2.15. The molecule has 25 heavy (non-hydrogen) atoms. The van der Waals surface area contributed by atoms with Crippen LogP contribution in [0.3, 0.4) is 0 Å². The van der Waals surface area contributed by atoms with Crippen LogP contribution in [-0.4, -0.2) is 8.42 Å². The standard InChI is InChI=1S/C17H15ClN2O4S/c18-13-3-6-15-12(7-17(21)24-16(15)8-13)10-20-9-11-1-4-14(5-2-11)25(19,22)23/h1-8,20H,9-10H2,(H2,19,22,23). The average molecular weight is 379 g/mol. The lowest BCUT2D eigenvalue weighted by atomic mass is 10.1. The van der Waals surface area contributed by atoms with E-state index in [4.69, 9.17) is 21.2 Å². The van der Waals surface area contributed by atoms with Gasteiger partial charge in [-0.15, -0.1) is 0 Å². The fourth-order valence-electron chi connectivity index (χ4n) is 2.49. The number of hydrogen-bond acceptors (Lipinski definition) is 5. The average Bonchev–Trinajstić information content (AvgIpc) is 2.54. The Morgan fingerprint density at radius 2 is 1.76 bits per heavy atom. The maximum Gasteiger partial charge on any atom is 0.336 e. The number of rotatable bonds is 5. The molecule has 2 aromatic carbocycles. The van der Waals surface area contributed by atoms with Gasteiger partial charge in [-0.25, -0.2) is 18.4 Å².